The molecule has 1 aromatic carbocycles. The maximum atomic E-state index is 12.6. The maximum Gasteiger partial charge on any atom is 0.416 e. The number of carbonyl (C=O) groups excluding carboxylic acids is 1. The molecule has 1 atom stereocenters. The van der Waals surface area contributed by atoms with Gasteiger partial charge in [-0.2, -0.15) is 13.2 Å². The minimum absolute atomic E-state index is 0.0470. The van der Waals surface area contributed by atoms with Crippen LogP contribution in [0.15, 0.2) is 22.7 Å². The molecule has 0 aromatic heterocycles. The molecule has 1 aliphatic heterocycles. The lowest BCUT2D eigenvalue weighted by atomic mass is 10.1. The van der Waals surface area contributed by atoms with Gasteiger partial charge >= 0.3 is 6.18 Å². The van der Waals surface area contributed by atoms with Crippen LogP contribution >= 0.6 is 15.9 Å². The lowest BCUT2D eigenvalue weighted by molar-refractivity contribution is -0.137. The highest BCUT2D eigenvalue weighted by Crippen LogP contribution is 2.34. The molecule has 1 saturated heterocycles. The third-order valence-corrected chi connectivity index (χ3v) is 3.94. The molecule has 1 amide bonds. The zero-order chi connectivity index (χ0) is 14.9. The number of nitrogens with zero attached hydrogens (tertiary/aromatic N) is 1. The summed E-state index contributed by atoms with van der Waals surface area (Å²) in [4.78, 5) is 13.0. The quantitative estimate of drug-likeness (QED) is 0.885. The number of anilines is 1. The number of hydrogen-bond donors (Lipinski definition) is 1. The van der Waals surface area contributed by atoms with Crippen molar-refractivity contribution in [3.8, 4) is 0 Å². The monoisotopic (exact) mass is 350 g/mol. The molecule has 3 nitrogen and oxygen atoms in total. The Balaban J connectivity index is 2.09. The molecule has 0 bridgehead atoms. The Hall–Kier alpha value is -1.24. The molecule has 7 heteroatoms. The highest BCUT2D eigenvalue weighted by atomic mass is 79.9. The van der Waals surface area contributed by atoms with E-state index < -0.39 is 11.7 Å². The maximum absolute atomic E-state index is 12.6. The second-order valence-electron chi connectivity index (χ2n) is 4.85. The van der Waals surface area contributed by atoms with Gasteiger partial charge in [0.05, 0.1) is 5.56 Å². The van der Waals surface area contributed by atoms with Crippen molar-refractivity contribution in [2.45, 2.75) is 25.1 Å². The Morgan fingerprint density at radius 2 is 2.10 bits per heavy atom. The summed E-state index contributed by atoms with van der Waals surface area (Å²) in [5.74, 6) is 0.0922. The molecule has 1 unspecified atom stereocenters. The van der Waals surface area contributed by atoms with Crippen LogP contribution in [0.4, 0.5) is 18.9 Å². The number of rotatable bonds is 2. The fourth-order valence-corrected chi connectivity index (χ4v) is 2.65. The first-order valence-electron chi connectivity index (χ1n) is 6.14. The van der Waals surface area contributed by atoms with Crippen molar-refractivity contribution in [3.63, 3.8) is 0 Å². The predicted molar refractivity (Wildman–Crippen MR) is 73.4 cm³/mol. The summed E-state index contributed by atoms with van der Waals surface area (Å²) in [6, 6.07) is 3.56. The van der Waals surface area contributed by atoms with E-state index in [-0.39, 0.29) is 11.9 Å². The van der Waals surface area contributed by atoms with Gasteiger partial charge < -0.3 is 10.2 Å². The van der Waals surface area contributed by atoms with Crippen LogP contribution in [0.25, 0.3) is 0 Å². The third-order valence-electron chi connectivity index (χ3n) is 3.28. The van der Waals surface area contributed by atoms with Crippen molar-refractivity contribution in [3.05, 3.63) is 28.2 Å². The number of likely N-dealkylation sites (N-methyl/N-ethyl adjacent to an activating group) is 1. The van der Waals surface area contributed by atoms with E-state index in [0.717, 1.165) is 12.1 Å². The minimum Gasteiger partial charge on any atom is -0.380 e. The molecule has 2 rings (SSSR count). The van der Waals surface area contributed by atoms with Gasteiger partial charge in [0.2, 0.25) is 5.91 Å². The van der Waals surface area contributed by atoms with Crippen LogP contribution < -0.4 is 5.32 Å². The number of amides is 1. The zero-order valence-electron chi connectivity index (χ0n) is 10.8. The second kappa shape index (κ2) is 5.63. The normalized spacial score (nSPS) is 20.1. The number of halogens is 4. The molecule has 1 N–H and O–H groups in total. The number of benzene rings is 1. The molecule has 0 radical (unpaired) electrons. The largest absolute Gasteiger partial charge is 0.416 e. The molecule has 1 heterocycles. The van der Waals surface area contributed by atoms with Gasteiger partial charge in [-0.25, -0.2) is 0 Å². The van der Waals surface area contributed by atoms with Gasteiger partial charge in [0, 0.05) is 36.2 Å². The van der Waals surface area contributed by atoms with Crippen molar-refractivity contribution in [2.24, 2.45) is 0 Å². The van der Waals surface area contributed by atoms with Gasteiger partial charge in [-0.1, -0.05) is 0 Å². The molecule has 1 aliphatic rings. The fourth-order valence-electron chi connectivity index (χ4n) is 2.16. The van der Waals surface area contributed by atoms with Crippen LogP contribution in [-0.2, 0) is 11.0 Å². The number of hydrogen-bond acceptors (Lipinski definition) is 2. The standard InChI is InChI=1S/C13H14BrF3N2O/c1-19-7-9(3-5-12(19)20)18-11-4-2-8(6-10(11)14)13(15,16)17/h2,4,6,9,18H,3,5,7H2,1H3. The topological polar surface area (TPSA) is 32.3 Å². The van der Waals surface area contributed by atoms with E-state index in [0.29, 0.717) is 29.5 Å². The van der Waals surface area contributed by atoms with E-state index >= 15 is 0 Å². The van der Waals surface area contributed by atoms with E-state index in [2.05, 4.69) is 21.2 Å². The first-order chi connectivity index (χ1) is 9.27. The fraction of sp³-hybridized carbons (Fsp3) is 0.462. The first kappa shape index (κ1) is 15.2. The number of piperidine rings is 1. The smallest absolute Gasteiger partial charge is 0.380 e. The molecule has 110 valence electrons. The number of carbonyl (C=O) groups is 1. The van der Waals surface area contributed by atoms with E-state index in [1.165, 1.54) is 6.07 Å². The summed E-state index contributed by atoms with van der Waals surface area (Å²) in [6.07, 6.45) is -3.22. The second-order valence-corrected chi connectivity index (χ2v) is 5.70. The average molecular weight is 351 g/mol. The van der Waals surface area contributed by atoms with Crippen molar-refractivity contribution >= 4 is 27.5 Å². The lowest BCUT2D eigenvalue weighted by Crippen LogP contribution is -2.43. The molecular formula is C13H14BrF3N2O. The highest BCUT2D eigenvalue weighted by molar-refractivity contribution is 9.10. The van der Waals surface area contributed by atoms with Gasteiger partial charge in [-0.3, -0.25) is 4.79 Å². The SMILES string of the molecule is CN1CC(Nc2ccc(C(F)(F)F)cc2Br)CCC1=O. The summed E-state index contributed by atoms with van der Waals surface area (Å²) in [7, 11) is 1.72. The van der Waals surface area contributed by atoms with Crippen LogP contribution in [0, 0.1) is 0 Å². The van der Waals surface area contributed by atoms with Crippen LogP contribution in [0.1, 0.15) is 18.4 Å². The average Bonchev–Trinajstić information content (AvgIpc) is 2.35. The lowest BCUT2D eigenvalue weighted by Gasteiger charge is -2.31. The first-order valence-corrected chi connectivity index (χ1v) is 6.94. The minimum atomic E-state index is -4.35. The molecule has 20 heavy (non-hydrogen) atoms. The Morgan fingerprint density at radius 1 is 1.40 bits per heavy atom. The molecule has 1 aromatic rings. The van der Waals surface area contributed by atoms with Gasteiger partial charge in [-0.15, -0.1) is 0 Å². The summed E-state index contributed by atoms with van der Waals surface area (Å²) >= 11 is 3.15. The van der Waals surface area contributed by atoms with Crippen LogP contribution in [0.2, 0.25) is 0 Å². The van der Waals surface area contributed by atoms with E-state index in [1.807, 2.05) is 0 Å². The van der Waals surface area contributed by atoms with E-state index in [9.17, 15) is 18.0 Å². The van der Waals surface area contributed by atoms with Gasteiger partial charge in [0.1, 0.15) is 0 Å². The predicted octanol–water partition coefficient (Wildman–Crippen LogP) is 3.50. The Labute approximate surface area is 123 Å². The molecule has 0 spiro atoms. The summed E-state index contributed by atoms with van der Waals surface area (Å²) in [5, 5.41) is 3.17. The zero-order valence-corrected chi connectivity index (χ0v) is 12.4. The summed E-state index contributed by atoms with van der Waals surface area (Å²) in [5.41, 5.74) is -0.0865. The van der Waals surface area contributed by atoms with Crippen LogP contribution in [0.3, 0.4) is 0 Å². The molecular weight excluding hydrogens is 337 g/mol. The van der Waals surface area contributed by atoms with Crippen LogP contribution in [0.5, 0.6) is 0 Å². The molecule has 1 fully saturated rings. The Bertz CT molecular complexity index is 519. The number of likely N-dealkylation sites (tertiary alicyclic amines) is 1. The third kappa shape index (κ3) is 3.45. The van der Waals surface area contributed by atoms with Crippen molar-refractivity contribution < 1.29 is 18.0 Å². The van der Waals surface area contributed by atoms with Gasteiger partial charge in [0.15, 0.2) is 0 Å². The van der Waals surface area contributed by atoms with Crippen molar-refractivity contribution in [1.29, 1.82) is 0 Å². The van der Waals surface area contributed by atoms with Crippen LogP contribution in [-0.4, -0.2) is 30.4 Å². The Kier molecular flexibility index (Phi) is 4.27. The van der Waals surface area contributed by atoms with Gasteiger partial charge in [0.25, 0.3) is 0 Å². The number of alkyl halides is 3. The molecule has 0 aliphatic carbocycles. The number of nitrogens with one attached hydrogen (secondary N) is 1. The van der Waals surface area contributed by atoms with Crippen molar-refractivity contribution in [2.75, 3.05) is 18.9 Å². The molecule has 0 saturated carbocycles. The Morgan fingerprint density at radius 3 is 2.65 bits per heavy atom. The van der Waals surface area contributed by atoms with E-state index in [1.54, 1.807) is 11.9 Å². The summed E-state index contributed by atoms with van der Waals surface area (Å²) in [6.45, 7) is 0.548. The van der Waals surface area contributed by atoms with E-state index in [4.69, 9.17) is 0 Å². The highest BCUT2D eigenvalue weighted by Gasteiger charge is 2.31. The van der Waals surface area contributed by atoms with Gasteiger partial charge in [-0.05, 0) is 40.5 Å². The summed E-state index contributed by atoms with van der Waals surface area (Å²) < 4.78 is 38.1. The van der Waals surface area contributed by atoms with Crippen molar-refractivity contribution in [1.82, 2.24) is 4.90 Å².